The van der Waals surface area contributed by atoms with Crippen molar-refractivity contribution >= 4 is 16.9 Å². The molecule has 0 N–H and O–H groups in total. The zero-order valence-electron chi connectivity index (χ0n) is 15.3. The first-order valence-corrected chi connectivity index (χ1v) is 9.25. The number of carbonyl (C=O) groups is 1. The van der Waals surface area contributed by atoms with Crippen LogP contribution in [0.3, 0.4) is 0 Å². The molecule has 0 spiro atoms. The molecule has 3 aromatic rings. The van der Waals surface area contributed by atoms with E-state index in [-0.39, 0.29) is 5.91 Å². The van der Waals surface area contributed by atoms with Gasteiger partial charge in [0.1, 0.15) is 11.4 Å². The predicted molar refractivity (Wildman–Crippen MR) is 103 cm³/mol. The fourth-order valence-electron chi connectivity index (χ4n) is 3.43. The molecule has 1 aliphatic rings. The summed E-state index contributed by atoms with van der Waals surface area (Å²) in [5.74, 6) is 1.08. The van der Waals surface area contributed by atoms with Gasteiger partial charge in [0.05, 0.1) is 23.8 Å². The zero-order valence-corrected chi connectivity index (χ0v) is 15.3. The molecule has 2 aromatic heterocycles. The van der Waals surface area contributed by atoms with Crippen LogP contribution in [0.15, 0.2) is 48.8 Å². The highest BCUT2D eigenvalue weighted by atomic mass is 16.5. The Kier molecular flexibility index (Phi) is 4.96. The lowest BCUT2D eigenvalue weighted by atomic mass is 9.98. The number of aryl methyl sites for hydroxylation is 1. The summed E-state index contributed by atoms with van der Waals surface area (Å²) in [6.07, 6.45) is 5.34. The van der Waals surface area contributed by atoms with Crippen LogP contribution in [0.1, 0.15) is 29.0 Å². The Morgan fingerprint density at radius 3 is 2.93 bits per heavy atom. The second kappa shape index (κ2) is 7.70. The summed E-state index contributed by atoms with van der Waals surface area (Å²) in [4.78, 5) is 27.8. The molecule has 6 nitrogen and oxygen atoms in total. The molecule has 1 fully saturated rings. The van der Waals surface area contributed by atoms with Gasteiger partial charge in [0.15, 0.2) is 0 Å². The number of ether oxygens (including phenoxy) is 1. The van der Waals surface area contributed by atoms with Gasteiger partial charge in [0.25, 0.3) is 5.91 Å². The molecular weight excluding hydrogens is 340 g/mol. The first-order chi connectivity index (χ1) is 13.2. The molecule has 6 heteroatoms. The van der Waals surface area contributed by atoms with Crippen LogP contribution < -0.4 is 4.74 Å². The van der Waals surface area contributed by atoms with Crippen molar-refractivity contribution in [2.24, 2.45) is 5.92 Å². The minimum atomic E-state index is -0.0577. The van der Waals surface area contributed by atoms with Crippen LogP contribution >= 0.6 is 0 Å². The number of benzene rings is 1. The summed E-state index contributed by atoms with van der Waals surface area (Å²) >= 11 is 0. The molecule has 1 amide bonds. The van der Waals surface area contributed by atoms with Crippen molar-refractivity contribution in [3.8, 4) is 5.75 Å². The van der Waals surface area contributed by atoms with E-state index in [0.29, 0.717) is 24.8 Å². The maximum absolute atomic E-state index is 12.9. The van der Waals surface area contributed by atoms with Crippen LogP contribution in [-0.2, 0) is 0 Å². The molecule has 1 atom stereocenters. The zero-order chi connectivity index (χ0) is 18.6. The lowest BCUT2D eigenvalue weighted by Gasteiger charge is -2.32. The molecule has 0 radical (unpaired) electrons. The van der Waals surface area contributed by atoms with Gasteiger partial charge >= 0.3 is 0 Å². The Bertz CT molecular complexity index is 960. The number of fused-ring (bicyclic) bond motifs is 1. The third kappa shape index (κ3) is 4.05. The maximum atomic E-state index is 12.9. The fourth-order valence-corrected chi connectivity index (χ4v) is 3.43. The van der Waals surface area contributed by atoms with Crippen molar-refractivity contribution < 1.29 is 9.53 Å². The van der Waals surface area contributed by atoms with E-state index in [9.17, 15) is 4.79 Å². The van der Waals surface area contributed by atoms with Gasteiger partial charge in [-0.25, -0.2) is 4.98 Å². The first kappa shape index (κ1) is 17.4. The summed E-state index contributed by atoms with van der Waals surface area (Å²) in [6, 6.07) is 11.4. The predicted octanol–water partition coefficient (Wildman–Crippen LogP) is 3.26. The van der Waals surface area contributed by atoms with Crippen LogP contribution in [0.4, 0.5) is 0 Å². The molecule has 27 heavy (non-hydrogen) atoms. The Morgan fingerprint density at radius 2 is 2.07 bits per heavy atom. The molecule has 1 saturated heterocycles. The average Bonchev–Trinajstić information content (AvgIpc) is 2.71. The van der Waals surface area contributed by atoms with Gasteiger partial charge in [-0.3, -0.25) is 14.8 Å². The van der Waals surface area contributed by atoms with Gasteiger partial charge in [-0.1, -0.05) is 12.1 Å². The van der Waals surface area contributed by atoms with Gasteiger partial charge in [0.2, 0.25) is 0 Å². The van der Waals surface area contributed by atoms with Gasteiger partial charge in [-0.15, -0.1) is 0 Å². The number of likely N-dealkylation sites (tertiary alicyclic amines) is 1. The van der Waals surface area contributed by atoms with Crippen LogP contribution in [0.25, 0.3) is 11.0 Å². The molecule has 0 aliphatic carbocycles. The third-order valence-corrected chi connectivity index (χ3v) is 4.83. The number of hydrogen-bond donors (Lipinski definition) is 0. The highest BCUT2D eigenvalue weighted by Gasteiger charge is 2.26. The van der Waals surface area contributed by atoms with E-state index in [4.69, 9.17) is 4.74 Å². The lowest BCUT2D eigenvalue weighted by molar-refractivity contribution is 0.0627. The molecule has 1 aromatic carbocycles. The van der Waals surface area contributed by atoms with E-state index >= 15 is 0 Å². The van der Waals surface area contributed by atoms with E-state index in [2.05, 4.69) is 15.0 Å². The topological polar surface area (TPSA) is 68.2 Å². The number of carbonyl (C=O) groups excluding carboxylic acids is 1. The summed E-state index contributed by atoms with van der Waals surface area (Å²) in [5, 5.41) is 0. The number of amides is 1. The molecule has 138 valence electrons. The normalized spacial score (nSPS) is 17.1. The van der Waals surface area contributed by atoms with Gasteiger partial charge in [-0.05, 0) is 38.0 Å². The Morgan fingerprint density at radius 1 is 1.22 bits per heavy atom. The molecule has 1 unspecified atom stereocenters. The van der Waals surface area contributed by atoms with E-state index in [0.717, 1.165) is 41.9 Å². The molecule has 3 heterocycles. The van der Waals surface area contributed by atoms with Crippen molar-refractivity contribution in [3.63, 3.8) is 0 Å². The first-order valence-electron chi connectivity index (χ1n) is 9.25. The largest absolute Gasteiger partial charge is 0.493 e. The second-order valence-corrected chi connectivity index (χ2v) is 6.95. The second-order valence-electron chi connectivity index (χ2n) is 6.95. The molecular formula is C21H22N4O2. The molecule has 0 bridgehead atoms. The molecule has 1 aliphatic heterocycles. The Labute approximate surface area is 158 Å². The highest BCUT2D eigenvalue weighted by molar-refractivity contribution is 5.93. The number of aromatic nitrogens is 3. The number of piperidine rings is 1. The fraction of sp³-hybridized carbons (Fsp3) is 0.333. The number of nitrogens with zero attached hydrogens (tertiary/aromatic N) is 4. The van der Waals surface area contributed by atoms with Gasteiger partial charge in [0, 0.05) is 37.0 Å². The Balaban J connectivity index is 1.41. The van der Waals surface area contributed by atoms with E-state index in [1.807, 2.05) is 48.2 Å². The van der Waals surface area contributed by atoms with Crippen LogP contribution in [0, 0.1) is 12.8 Å². The highest BCUT2D eigenvalue weighted by Crippen LogP contribution is 2.21. The summed E-state index contributed by atoms with van der Waals surface area (Å²) in [6.45, 7) is 3.96. The standard InChI is InChI=1S/C21H22N4O2/c1-15-11-17(8-9-22-15)27-14-16-5-4-10-25(13-16)21(26)20-12-23-18-6-2-3-7-19(18)24-20/h2-3,6-9,11-12,16H,4-5,10,13-14H2,1H3. The lowest BCUT2D eigenvalue weighted by Crippen LogP contribution is -2.42. The number of para-hydroxylation sites is 2. The Hall–Kier alpha value is -3.02. The molecule has 4 rings (SSSR count). The van der Waals surface area contributed by atoms with Crippen molar-refractivity contribution in [1.82, 2.24) is 19.9 Å². The van der Waals surface area contributed by atoms with Crippen LogP contribution in [-0.4, -0.2) is 45.5 Å². The maximum Gasteiger partial charge on any atom is 0.274 e. The van der Waals surface area contributed by atoms with Crippen LogP contribution in [0.5, 0.6) is 5.75 Å². The minimum Gasteiger partial charge on any atom is -0.493 e. The van der Waals surface area contributed by atoms with Gasteiger partial charge in [-0.2, -0.15) is 0 Å². The SMILES string of the molecule is Cc1cc(OCC2CCCN(C(=O)c3cnc4ccccc4n3)C2)ccn1. The van der Waals surface area contributed by atoms with Gasteiger partial charge < -0.3 is 9.64 Å². The number of hydrogen-bond acceptors (Lipinski definition) is 5. The average molecular weight is 362 g/mol. The minimum absolute atomic E-state index is 0.0577. The summed E-state index contributed by atoms with van der Waals surface area (Å²) in [5.41, 5.74) is 2.88. The van der Waals surface area contributed by atoms with Crippen molar-refractivity contribution in [3.05, 3.63) is 60.2 Å². The van der Waals surface area contributed by atoms with E-state index < -0.39 is 0 Å². The summed E-state index contributed by atoms with van der Waals surface area (Å²) in [7, 11) is 0. The monoisotopic (exact) mass is 362 g/mol. The summed E-state index contributed by atoms with van der Waals surface area (Å²) < 4.78 is 5.91. The van der Waals surface area contributed by atoms with Crippen molar-refractivity contribution in [2.45, 2.75) is 19.8 Å². The smallest absolute Gasteiger partial charge is 0.274 e. The quantitative estimate of drug-likeness (QED) is 0.712. The third-order valence-electron chi connectivity index (χ3n) is 4.83. The van der Waals surface area contributed by atoms with E-state index in [1.165, 1.54) is 0 Å². The van der Waals surface area contributed by atoms with Crippen LogP contribution in [0.2, 0.25) is 0 Å². The van der Waals surface area contributed by atoms with E-state index in [1.54, 1.807) is 12.4 Å². The number of pyridine rings is 1. The number of rotatable bonds is 4. The van der Waals surface area contributed by atoms with Crippen molar-refractivity contribution in [1.29, 1.82) is 0 Å². The molecule has 0 saturated carbocycles. The van der Waals surface area contributed by atoms with Crippen molar-refractivity contribution in [2.75, 3.05) is 19.7 Å².